The van der Waals surface area contributed by atoms with E-state index < -0.39 is 0 Å². The highest BCUT2D eigenvalue weighted by Crippen LogP contribution is 2.26. The van der Waals surface area contributed by atoms with E-state index in [1.165, 1.54) is 12.8 Å². The van der Waals surface area contributed by atoms with Gasteiger partial charge in [0.05, 0.1) is 0 Å². The van der Waals surface area contributed by atoms with Crippen molar-refractivity contribution < 1.29 is 4.74 Å². The number of nitrogens with zero attached hydrogens (tertiary/aromatic N) is 1. The molecule has 1 aromatic heterocycles. The van der Waals surface area contributed by atoms with Crippen LogP contribution in [0.2, 0.25) is 0 Å². The molecule has 0 saturated heterocycles. The average Bonchev–Trinajstić information content (AvgIpc) is 2.30. The van der Waals surface area contributed by atoms with E-state index in [0.29, 0.717) is 12.6 Å². The molecule has 2 rings (SSSR count). The lowest BCUT2D eigenvalue weighted by molar-refractivity contribution is 0.124. The van der Waals surface area contributed by atoms with Crippen LogP contribution in [0.3, 0.4) is 0 Å². The molecule has 3 heteroatoms. The first-order valence-corrected chi connectivity index (χ1v) is 6.09. The lowest BCUT2D eigenvalue weighted by Crippen LogP contribution is -2.24. The van der Waals surface area contributed by atoms with Crippen molar-refractivity contribution in [2.75, 3.05) is 0 Å². The molecule has 16 heavy (non-hydrogen) atoms. The fourth-order valence-electron chi connectivity index (χ4n) is 2.26. The van der Waals surface area contributed by atoms with Crippen LogP contribution in [0.25, 0.3) is 0 Å². The van der Waals surface area contributed by atoms with E-state index in [9.17, 15) is 0 Å². The molecule has 0 spiro atoms. The topological polar surface area (TPSA) is 48.1 Å². The molecule has 0 aromatic carbocycles. The zero-order valence-corrected chi connectivity index (χ0v) is 9.86. The second-order valence-electron chi connectivity index (χ2n) is 4.72. The fraction of sp³-hybridized carbons (Fsp3) is 0.615. The van der Waals surface area contributed by atoms with Gasteiger partial charge in [0, 0.05) is 18.8 Å². The lowest BCUT2D eigenvalue weighted by atomic mass is 9.89. The maximum Gasteiger partial charge on any atom is 0.213 e. The maximum atomic E-state index is 5.87. The average molecular weight is 220 g/mol. The van der Waals surface area contributed by atoms with E-state index in [1.54, 1.807) is 6.20 Å². The van der Waals surface area contributed by atoms with Gasteiger partial charge in [0.15, 0.2) is 0 Å². The minimum absolute atomic E-state index is 0.347. The normalized spacial score (nSPS) is 25.4. The van der Waals surface area contributed by atoms with Gasteiger partial charge in [-0.3, -0.25) is 0 Å². The standard InChI is InChI=1S/C13H20N2O/c1-10-3-2-4-12(7-10)16-13-6-5-11(8-14)9-15-13/h5-6,9-10,12H,2-4,7-8,14H2,1H3. The molecule has 1 aliphatic rings. The van der Waals surface area contributed by atoms with Crippen LogP contribution in [0.5, 0.6) is 5.88 Å². The van der Waals surface area contributed by atoms with Crippen LogP contribution < -0.4 is 10.5 Å². The van der Waals surface area contributed by atoms with Crippen molar-refractivity contribution in [1.82, 2.24) is 4.98 Å². The molecule has 3 nitrogen and oxygen atoms in total. The Morgan fingerprint density at radius 2 is 2.31 bits per heavy atom. The lowest BCUT2D eigenvalue weighted by Gasteiger charge is -2.26. The summed E-state index contributed by atoms with van der Waals surface area (Å²) in [7, 11) is 0. The largest absolute Gasteiger partial charge is 0.474 e. The van der Waals surface area contributed by atoms with E-state index in [1.807, 2.05) is 12.1 Å². The van der Waals surface area contributed by atoms with Crippen LogP contribution in [0.4, 0.5) is 0 Å². The highest BCUT2D eigenvalue weighted by Gasteiger charge is 2.20. The number of hydrogen-bond acceptors (Lipinski definition) is 3. The first-order chi connectivity index (χ1) is 7.78. The second-order valence-corrected chi connectivity index (χ2v) is 4.72. The summed E-state index contributed by atoms with van der Waals surface area (Å²) in [5, 5.41) is 0. The Morgan fingerprint density at radius 1 is 1.44 bits per heavy atom. The van der Waals surface area contributed by atoms with E-state index >= 15 is 0 Å². The molecular formula is C13H20N2O. The van der Waals surface area contributed by atoms with Crippen molar-refractivity contribution in [3.05, 3.63) is 23.9 Å². The number of nitrogens with two attached hydrogens (primary N) is 1. The maximum absolute atomic E-state index is 5.87. The molecule has 1 saturated carbocycles. The van der Waals surface area contributed by atoms with Gasteiger partial charge in [-0.15, -0.1) is 0 Å². The summed E-state index contributed by atoms with van der Waals surface area (Å²) < 4.78 is 5.87. The van der Waals surface area contributed by atoms with Crippen LogP contribution in [-0.2, 0) is 6.54 Å². The monoisotopic (exact) mass is 220 g/mol. The molecule has 0 amide bonds. The van der Waals surface area contributed by atoms with Crippen LogP contribution in [-0.4, -0.2) is 11.1 Å². The Bertz CT molecular complexity index is 323. The predicted molar refractivity (Wildman–Crippen MR) is 64.2 cm³/mol. The summed E-state index contributed by atoms with van der Waals surface area (Å²) >= 11 is 0. The fourth-order valence-corrected chi connectivity index (χ4v) is 2.26. The Hall–Kier alpha value is -1.09. The van der Waals surface area contributed by atoms with E-state index in [4.69, 9.17) is 10.5 Å². The number of pyridine rings is 1. The third-order valence-electron chi connectivity index (χ3n) is 3.21. The van der Waals surface area contributed by atoms with Gasteiger partial charge in [0.25, 0.3) is 0 Å². The summed E-state index contributed by atoms with van der Waals surface area (Å²) in [6.45, 7) is 2.83. The van der Waals surface area contributed by atoms with Gasteiger partial charge >= 0.3 is 0 Å². The molecule has 0 aliphatic heterocycles. The molecule has 0 bridgehead atoms. The minimum Gasteiger partial charge on any atom is -0.474 e. The Labute approximate surface area is 97.0 Å². The van der Waals surface area contributed by atoms with Gasteiger partial charge in [0.2, 0.25) is 5.88 Å². The van der Waals surface area contributed by atoms with Crippen molar-refractivity contribution >= 4 is 0 Å². The summed E-state index contributed by atoms with van der Waals surface area (Å²) in [5.74, 6) is 1.51. The second kappa shape index (κ2) is 5.30. The quantitative estimate of drug-likeness (QED) is 0.851. The minimum atomic E-state index is 0.347. The van der Waals surface area contributed by atoms with Crippen molar-refractivity contribution in [2.45, 2.75) is 45.3 Å². The number of aromatic nitrogens is 1. The van der Waals surface area contributed by atoms with Gasteiger partial charge in [-0.2, -0.15) is 0 Å². The van der Waals surface area contributed by atoms with E-state index in [-0.39, 0.29) is 0 Å². The molecule has 88 valence electrons. The summed E-state index contributed by atoms with van der Waals surface area (Å²) in [5.41, 5.74) is 6.57. The third-order valence-corrected chi connectivity index (χ3v) is 3.21. The SMILES string of the molecule is CC1CCCC(Oc2ccc(CN)cn2)C1. The van der Waals surface area contributed by atoms with Crippen molar-refractivity contribution in [3.8, 4) is 5.88 Å². The zero-order valence-electron chi connectivity index (χ0n) is 9.86. The summed E-state index contributed by atoms with van der Waals surface area (Å²) in [4.78, 5) is 4.27. The van der Waals surface area contributed by atoms with Crippen LogP contribution in [0, 0.1) is 5.92 Å². The van der Waals surface area contributed by atoms with E-state index in [0.717, 1.165) is 30.2 Å². The number of rotatable bonds is 3. The molecule has 2 atom stereocenters. The molecule has 2 N–H and O–H groups in total. The van der Waals surface area contributed by atoms with Gasteiger partial charge in [-0.1, -0.05) is 19.4 Å². The number of hydrogen-bond donors (Lipinski definition) is 1. The summed E-state index contributed by atoms with van der Waals surface area (Å²) in [6, 6.07) is 3.90. The first-order valence-electron chi connectivity index (χ1n) is 6.09. The van der Waals surface area contributed by atoms with Crippen molar-refractivity contribution in [2.24, 2.45) is 11.7 Å². The number of ether oxygens (including phenoxy) is 1. The summed E-state index contributed by atoms with van der Waals surface area (Å²) in [6.07, 6.45) is 7.05. The third kappa shape index (κ3) is 2.95. The molecule has 1 heterocycles. The molecule has 1 aliphatic carbocycles. The first kappa shape index (κ1) is 11.4. The Kier molecular flexibility index (Phi) is 3.78. The van der Waals surface area contributed by atoms with Crippen LogP contribution in [0.15, 0.2) is 18.3 Å². The smallest absolute Gasteiger partial charge is 0.213 e. The van der Waals surface area contributed by atoms with Gasteiger partial charge in [0.1, 0.15) is 6.10 Å². The van der Waals surface area contributed by atoms with Gasteiger partial charge in [-0.25, -0.2) is 4.98 Å². The molecule has 0 radical (unpaired) electrons. The van der Waals surface area contributed by atoms with Crippen LogP contribution >= 0.6 is 0 Å². The highest BCUT2D eigenvalue weighted by molar-refractivity contribution is 5.17. The Morgan fingerprint density at radius 3 is 2.94 bits per heavy atom. The van der Waals surface area contributed by atoms with Crippen LogP contribution in [0.1, 0.15) is 38.2 Å². The Balaban J connectivity index is 1.92. The van der Waals surface area contributed by atoms with Gasteiger partial charge in [-0.05, 0) is 30.7 Å². The van der Waals surface area contributed by atoms with Crippen molar-refractivity contribution in [3.63, 3.8) is 0 Å². The van der Waals surface area contributed by atoms with E-state index in [2.05, 4.69) is 11.9 Å². The van der Waals surface area contributed by atoms with Crippen molar-refractivity contribution in [1.29, 1.82) is 0 Å². The zero-order chi connectivity index (χ0) is 11.4. The predicted octanol–water partition coefficient (Wildman–Crippen LogP) is 2.50. The highest BCUT2D eigenvalue weighted by atomic mass is 16.5. The molecular weight excluding hydrogens is 200 g/mol. The molecule has 2 unspecified atom stereocenters. The molecule has 1 fully saturated rings. The molecule has 1 aromatic rings. The van der Waals surface area contributed by atoms with Gasteiger partial charge < -0.3 is 10.5 Å².